The highest BCUT2D eigenvalue weighted by Gasteiger charge is 2.51. The molecule has 1 heterocycles. The molecular formula is C15H20N4O3. The maximum atomic E-state index is 12.3. The molecule has 4 bridgehead atoms. The van der Waals surface area contributed by atoms with Gasteiger partial charge in [-0.05, 0) is 61.2 Å². The second kappa shape index (κ2) is 4.79. The van der Waals surface area contributed by atoms with Crippen LogP contribution in [0.15, 0.2) is 12.3 Å². The minimum absolute atomic E-state index is 0.0229. The minimum Gasteiger partial charge on any atom is -0.358 e. The van der Waals surface area contributed by atoms with Crippen molar-refractivity contribution < 1.29 is 9.72 Å². The number of carbonyl (C=O) groups excluding carboxylic acids is 1. The Bertz CT molecular complexity index is 589. The lowest BCUT2D eigenvalue weighted by atomic mass is 9.53. The third-order valence-corrected chi connectivity index (χ3v) is 5.56. The van der Waals surface area contributed by atoms with Gasteiger partial charge in [-0.25, -0.2) is 0 Å². The van der Waals surface area contributed by atoms with Crippen LogP contribution in [0.25, 0.3) is 0 Å². The van der Waals surface area contributed by atoms with E-state index in [0.717, 1.165) is 37.0 Å². The Morgan fingerprint density at radius 2 is 1.91 bits per heavy atom. The lowest BCUT2D eigenvalue weighted by Crippen LogP contribution is -2.60. The summed E-state index contributed by atoms with van der Waals surface area (Å²) in [6, 6.07) is 1.32. The first-order chi connectivity index (χ1) is 10.5. The topological polar surface area (TPSA) is 90.1 Å². The summed E-state index contributed by atoms with van der Waals surface area (Å²) in [7, 11) is 0. The van der Waals surface area contributed by atoms with Crippen LogP contribution in [-0.2, 0) is 11.3 Å². The Hall–Kier alpha value is -1.92. The van der Waals surface area contributed by atoms with E-state index in [4.69, 9.17) is 0 Å². The molecule has 118 valence electrons. The Kier molecular flexibility index (Phi) is 2.99. The van der Waals surface area contributed by atoms with E-state index in [1.165, 1.54) is 36.2 Å². The largest absolute Gasteiger partial charge is 0.389 e. The standard InChI is InChI=1S/C15H20N4O3/c20-14(9-18-2-1-13(17-18)19(21)22)16-15-6-10-3-11(7-15)5-12(4-10)8-15/h1-2,10-12H,3-9H2,(H,16,20). The second-order valence-corrected chi connectivity index (χ2v) is 7.37. The van der Waals surface area contributed by atoms with E-state index < -0.39 is 4.92 Å². The number of nitrogens with zero attached hydrogens (tertiary/aromatic N) is 3. The molecule has 0 saturated heterocycles. The van der Waals surface area contributed by atoms with E-state index in [1.54, 1.807) is 0 Å². The zero-order valence-electron chi connectivity index (χ0n) is 12.4. The monoisotopic (exact) mass is 304 g/mol. The summed E-state index contributed by atoms with van der Waals surface area (Å²) in [5, 5.41) is 17.7. The van der Waals surface area contributed by atoms with E-state index >= 15 is 0 Å². The summed E-state index contributed by atoms with van der Waals surface area (Å²) in [6.07, 6.45) is 8.79. The number of aromatic nitrogens is 2. The van der Waals surface area contributed by atoms with E-state index in [1.807, 2.05) is 0 Å². The van der Waals surface area contributed by atoms with Crippen molar-refractivity contribution in [1.82, 2.24) is 15.1 Å². The van der Waals surface area contributed by atoms with Gasteiger partial charge in [0.1, 0.15) is 6.54 Å². The lowest BCUT2D eigenvalue weighted by Gasteiger charge is -2.56. The highest BCUT2D eigenvalue weighted by molar-refractivity contribution is 5.76. The predicted molar refractivity (Wildman–Crippen MR) is 77.9 cm³/mol. The zero-order valence-corrected chi connectivity index (χ0v) is 12.4. The first kappa shape index (κ1) is 13.7. The van der Waals surface area contributed by atoms with Gasteiger partial charge in [-0.3, -0.25) is 4.79 Å². The molecule has 4 fully saturated rings. The van der Waals surface area contributed by atoms with E-state index in [0.29, 0.717) is 0 Å². The Morgan fingerprint density at radius 3 is 2.41 bits per heavy atom. The Labute approximate surface area is 128 Å². The second-order valence-electron chi connectivity index (χ2n) is 7.37. The van der Waals surface area contributed by atoms with Crippen LogP contribution in [0.5, 0.6) is 0 Å². The average Bonchev–Trinajstić information content (AvgIpc) is 2.84. The summed E-state index contributed by atoms with van der Waals surface area (Å²) in [6.45, 7) is 0.0512. The van der Waals surface area contributed by atoms with Crippen molar-refractivity contribution in [1.29, 1.82) is 0 Å². The smallest absolute Gasteiger partial charge is 0.358 e. The fourth-order valence-electron chi connectivity index (χ4n) is 5.28. The molecule has 0 aromatic carbocycles. The highest BCUT2D eigenvalue weighted by atomic mass is 16.6. The Morgan fingerprint density at radius 1 is 1.32 bits per heavy atom. The molecule has 0 spiro atoms. The van der Waals surface area contributed by atoms with Crippen LogP contribution in [0, 0.1) is 27.9 Å². The SMILES string of the molecule is O=C(Cn1ccc([N+](=O)[O-])n1)NC12CC3CC(CC(C3)C1)C2. The first-order valence-corrected chi connectivity index (χ1v) is 8.00. The van der Waals surface area contributed by atoms with Gasteiger partial charge >= 0.3 is 5.82 Å². The predicted octanol–water partition coefficient (Wildman–Crippen LogP) is 1.88. The number of nitrogens with one attached hydrogen (secondary N) is 1. The van der Waals surface area contributed by atoms with Crippen molar-refractivity contribution in [3.05, 3.63) is 22.4 Å². The van der Waals surface area contributed by atoms with Crippen molar-refractivity contribution in [3.63, 3.8) is 0 Å². The number of rotatable bonds is 4. The van der Waals surface area contributed by atoms with Gasteiger partial charge in [0.05, 0.1) is 17.4 Å². The molecule has 0 aliphatic heterocycles. The lowest BCUT2D eigenvalue weighted by molar-refractivity contribution is -0.389. The van der Waals surface area contributed by atoms with Crippen LogP contribution < -0.4 is 5.32 Å². The fraction of sp³-hybridized carbons (Fsp3) is 0.733. The quantitative estimate of drug-likeness (QED) is 0.679. The van der Waals surface area contributed by atoms with Gasteiger partial charge in [0.25, 0.3) is 0 Å². The summed E-state index contributed by atoms with van der Waals surface area (Å²) in [5.41, 5.74) is -0.0229. The molecule has 1 N–H and O–H groups in total. The Balaban J connectivity index is 1.42. The number of carbonyl (C=O) groups is 1. The average molecular weight is 304 g/mol. The van der Waals surface area contributed by atoms with E-state index in [9.17, 15) is 14.9 Å². The van der Waals surface area contributed by atoms with Crippen molar-refractivity contribution in [3.8, 4) is 0 Å². The minimum atomic E-state index is -0.548. The number of amides is 1. The fourth-order valence-corrected chi connectivity index (χ4v) is 5.28. The van der Waals surface area contributed by atoms with Crippen LogP contribution in [-0.4, -0.2) is 26.1 Å². The van der Waals surface area contributed by atoms with Crippen molar-refractivity contribution in [2.75, 3.05) is 0 Å². The molecule has 7 nitrogen and oxygen atoms in total. The molecule has 0 atom stereocenters. The van der Waals surface area contributed by atoms with Crippen molar-refractivity contribution in [2.24, 2.45) is 17.8 Å². The number of hydrogen-bond donors (Lipinski definition) is 1. The van der Waals surface area contributed by atoms with Crippen LogP contribution >= 0.6 is 0 Å². The number of nitro groups is 1. The first-order valence-electron chi connectivity index (χ1n) is 8.00. The molecule has 0 radical (unpaired) electrons. The van der Waals surface area contributed by atoms with Crippen LogP contribution in [0.2, 0.25) is 0 Å². The molecule has 4 aliphatic rings. The van der Waals surface area contributed by atoms with Crippen LogP contribution in [0.3, 0.4) is 0 Å². The highest BCUT2D eigenvalue weighted by Crippen LogP contribution is 2.55. The maximum Gasteiger partial charge on any atom is 0.389 e. The van der Waals surface area contributed by atoms with Gasteiger partial charge in [-0.2, -0.15) is 4.68 Å². The van der Waals surface area contributed by atoms with Crippen LogP contribution in [0.1, 0.15) is 38.5 Å². The molecule has 1 aromatic heterocycles. The zero-order chi connectivity index (χ0) is 15.3. The maximum absolute atomic E-state index is 12.3. The molecule has 4 aliphatic carbocycles. The summed E-state index contributed by atoms with van der Waals surface area (Å²) in [4.78, 5) is 22.4. The van der Waals surface area contributed by atoms with Crippen molar-refractivity contribution >= 4 is 11.7 Å². The van der Waals surface area contributed by atoms with Gasteiger partial charge in [-0.1, -0.05) is 0 Å². The van der Waals surface area contributed by atoms with Gasteiger partial charge in [0.15, 0.2) is 0 Å². The molecule has 0 unspecified atom stereocenters. The number of hydrogen-bond acceptors (Lipinski definition) is 4. The summed E-state index contributed by atoms with van der Waals surface area (Å²) < 4.78 is 1.34. The van der Waals surface area contributed by atoms with Crippen LogP contribution in [0.4, 0.5) is 5.82 Å². The van der Waals surface area contributed by atoms with Gasteiger partial charge < -0.3 is 15.4 Å². The van der Waals surface area contributed by atoms with E-state index in [2.05, 4.69) is 10.4 Å². The molecule has 22 heavy (non-hydrogen) atoms. The molecule has 5 rings (SSSR count). The normalized spacial score (nSPS) is 35.5. The van der Waals surface area contributed by atoms with E-state index in [-0.39, 0.29) is 23.8 Å². The molecular weight excluding hydrogens is 284 g/mol. The van der Waals surface area contributed by atoms with Gasteiger partial charge in [0, 0.05) is 5.54 Å². The van der Waals surface area contributed by atoms with Gasteiger partial charge in [-0.15, -0.1) is 0 Å². The third kappa shape index (κ3) is 2.38. The molecule has 1 aromatic rings. The summed E-state index contributed by atoms with van der Waals surface area (Å²) >= 11 is 0. The molecule has 1 amide bonds. The molecule has 4 saturated carbocycles. The third-order valence-electron chi connectivity index (χ3n) is 5.56. The van der Waals surface area contributed by atoms with Gasteiger partial charge in [0.2, 0.25) is 5.91 Å². The molecule has 7 heteroatoms. The summed E-state index contributed by atoms with van der Waals surface area (Å²) in [5.74, 6) is 2.02. The van der Waals surface area contributed by atoms with Crippen molar-refractivity contribution in [2.45, 2.75) is 50.6 Å².